The van der Waals surface area contributed by atoms with Crippen molar-refractivity contribution in [3.05, 3.63) is 59.2 Å². The van der Waals surface area contributed by atoms with Crippen LogP contribution in [0.15, 0.2) is 42.5 Å². The molecule has 0 aliphatic carbocycles. The van der Waals surface area contributed by atoms with Crippen molar-refractivity contribution in [2.45, 2.75) is 19.5 Å². The Kier molecular flexibility index (Phi) is 5.46. The molecular weight excluding hydrogens is 335 g/mol. The number of amides is 1. The lowest BCUT2D eigenvalue weighted by Gasteiger charge is -2.12. The van der Waals surface area contributed by atoms with E-state index in [9.17, 15) is 22.8 Å². The molecule has 2 aromatic carbocycles. The smallest absolute Gasteiger partial charge is 0.416 e. The molecule has 1 amide bonds. The fraction of sp³-hybridized carbons (Fsp3) is 0.222. The number of methoxy groups -OCH3 is 1. The van der Waals surface area contributed by atoms with Crippen LogP contribution in [0.1, 0.15) is 28.4 Å². The van der Waals surface area contributed by atoms with Crippen molar-refractivity contribution in [1.82, 2.24) is 0 Å². The number of halogens is 3. The SMILES string of the molecule is COc1ccc(C(C)=O)cc1CC(=O)Nc1cccc(C(F)(F)F)c1. The summed E-state index contributed by atoms with van der Waals surface area (Å²) in [6.45, 7) is 1.40. The minimum Gasteiger partial charge on any atom is -0.496 e. The maximum absolute atomic E-state index is 12.7. The van der Waals surface area contributed by atoms with Gasteiger partial charge in [0.1, 0.15) is 5.75 Å². The maximum Gasteiger partial charge on any atom is 0.416 e. The summed E-state index contributed by atoms with van der Waals surface area (Å²) in [6.07, 6.45) is -4.62. The van der Waals surface area contributed by atoms with Crippen molar-refractivity contribution in [3.63, 3.8) is 0 Å². The van der Waals surface area contributed by atoms with Gasteiger partial charge in [0, 0.05) is 16.8 Å². The second-order valence-electron chi connectivity index (χ2n) is 5.39. The number of ether oxygens (including phenoxy) is 1. The lowest BCUT2D eigenvalue weighted by atomic mass is 10.0. The van der Waals surface area contributed by atoms with Gasteiger partial charge in [-0.15, -0.1) is 0 Å². The Hall–Kier alpha value is -2.83. The molecule has 1 N–H and O–H groups in total. The number of carbonyl (C=O) groups is 2. The summed E-state index contributed by atoms with van der Waals surface area (Å²) in [6, 6.07) is 9.06. The Bertz CT molecular complexity index is 800. The predicted molar refractivity (Wildman–Crippen MR) is 86.8 cm³/mol. The predicted octanol–water partition coefficient (Wildman–Crippen LogP) is 4.10. The lowest BCUT2D eigenvalue weighted by Crippen LogP contribution is -2.16. The van der Waals surface area contributed by atoms with E-state index >= 15 is 0 Å². The summed E-state index contributed by atoms with van der Waals surface area (Å²) in [5, 5.41) is 2.42. The molecule has 2 rings (SSSR count). The van der Waals surface area contributed by atoms with Crippen molar-refractivity contribution in [2.24, 2.45) is 0 Å². The van der Waals surface area contributed by atoms with Gasteiger partial charge in [-0.25, -0.2) is 0 Å². The molecule has 132 valence electrons. The number of hydrogen-bond donors (Lipinski definition) is 1. The Labute approximate surface area is 142 Å². The minimum absolute atomic E-state index is 0.0431. The van der Waals surface area contributed by atoms with Crippen molar-refractivity contribution in [2.75, 3.05) is 12.4 Å². The summed E-state index contributed by atoms with van der Waals surface area (Å²) in [5.41, 5.74) is 0.0883. The van der Waals surface area contributed by atoms with Gasteiger partial charge in [0.2, 0.25) is 5.91 Å². The number of rotatable bonds is 5. The number of benzene rings is 2. The molecule has 0 saturated heterocycles. The quantitative estimate of drug-likeness (QED) is 0.825. The largest absolute Gasteiger partial charge is 0.496 e. The second-order valence-corrected chi connectivity index (χ2v) is 5.39. The van der Waals surface area contributed by atoms with E-state index in [4.69, 9.17) is 4.74 Å². The third-order valence-electron chi connectivity index (χ3n) is 3.51. The van der Waals surface area contributed by atoms with Crippen molar-refractivity contribution in [1.29, 1.82) is 0 Å². The molecule has 0 saturated carbocycles. The molecule has 2 aromatic rings. The van der Waals surface area contributed by atoms with E-state index in [0.717, 1.165) is 12.1 Å². The van der Waals surface area contributed by atoms with Gasteiger partial charge in [-0.05, 0) is 43.3 Å². The Morgan fingerprint density at radius 1 is 1.12 bits per heavy atom. The van der Waals surface area contributed by atoms with Gasteiger partial charge in [-0.1, -0.05) is 6.07 Å². The van der Waals surface area contributed by atoms with Crippen LogP contribution in [0.2, 0.25) is 0 Å². The van der Waals surface area contributed by atoms with Crippen molar-refractivity contribution in [3.8, 4) is 5.75 Å². The van der Waals surface area contributed by atoms with Crippen LogP contribution in [-0.4, -0.2) is 18.8 Å². The molecule has 25 heavy (non-hydrogen) atoms. The molecule has 0 spiro atoms. The van der Waals surface area contributed by atoms with Gasteiger partial charge in [-0.3, -0.25) is 9.59 Å². The molecule has 0 fully saturated rings. The first kappa shape index (κ1) is 18.5. The molecule has 0 aliphatic rings. The summed E-state index contributed by atoms with van der Waals surface area (Å²) in [4.78, 5) is 23.6. The standard InChI is InChI=1S/C18H16F3NO3/c1-11(23)12-6-7-16(25-2)13(8-12)9-17(24)22-15-5-3-4-14(10-15)18(19,20)21/h3-8,10H,9H2,1-2H3,(H,22,24). The Morgan fingerprint density at radius 3 is 2.44 bits per heavy atom. The number of carbonyl (C=O) groups excluding carboxylic acids is 2. The number of nitrogens with one attached hydrogen (secondary N) is 1. The number of anilines is 1. The summed E-state index contributed by atoms with van der Waals surface area (Å²) >= 11 is 0. The van der Waals surface area contributed by atoms with Crippen molar-refractivity contribution >= 4 is 17.4 Å². The van der Waals surface area contributed by atoms with E-state index in [1.54, 1.807) is 12.1 Å². The summed E-state index contributed by atoms with van der Waals surface area (Å²) < 4.78 is 43.3. The van der Waals surface area contributed by atoms with E-state index in [2.05, 4.69) is 5.32 Å². The Morgan fingerprint density at radius 2 is 1.84 bits per heavy atom. The van der Waals surface area contributed by atoms with Crippen LogP contribution >= 0.6 is 0 Å². The monoisotopic (exact) mass is 351 g/mol. The third kappa shape index (κ3) is 4.82. The van der Waals surface area contributed by atoms with Crippen LogP contribution in [0.25, 0.3) is 0 Å². The zero-order valence-corrected chi connectivity index (χ0v) is 13.6. The van der Waals surface area contributed by atoms with Crippen LogP contribution < -0.4 is 10.1 Å². The van der Waals surface area contributed by atoms with Gasteiger partial charge in [0.05, 0.1) is 19.1 Å². The topological polar surface area (TPSA) is 55.4 Å². The summed E-state index contributed by atoms with van der Waals surface area (Å²) in [5.74, 6) is -0.260. The van der Waals surface area contributed by atoms with E-state index < -0.39 is 17.6 Å². The number of alkyl halides is 3. The normalized spacial score (nSPS) is 11.1. The second kappa shape index (κ2) is 7.38. The zero-order chi connectivity index (χ0) is 18.6. The van der Waals surface area contributed by atoms with Crippen LogP contribution in [0.4, 0.5) is 18.9 Å². The highest BCUT2D eigenvalue weighted by Crippen LogP contribution is 2.30. The number of ketones is 1. The number of hydrogen-bond acceptors (Lipinski definition) is 3. The first-order chi connectivity index (χ1) is 11.7. The molecule has 4 nitrogen and oxygen atoms in total. The first-order valence-electron chi connectivity index (χ1n) is 7.35. The lowest BCUT2D eigenvalue weighted by molar-refractivity contribution is -0.137. The molecule has 0 aromatic heterocycles. The van der Waals surface area contributed by atoms with Crippen LogP contribution in [0, 0.1) is 0 Å². The average Bonchev–Trinajstić information content (AvgIpc) is 2.54. The van der Waals surface area contributed by atoms with Gasteiger partial charge >= 0.3 is 6.18 Å². The molecule has 7 heteroatoms. The molecule has 0 bridgehead atoms. The van der Waals surface area contributed by atoms with Crippen molar-refractivity contribution < 1.29 is 27.5 Å². The zero-order valence-electron chi connectivity index (χ0n) is 13.6. The highest BCUT2D eigenvalue weighted by atomic mass is 19.4. The van der Waals surface area contributed by atoms with Gasteiger partial charge in [-0.2, -0.15) is 13.2 Å². The minimum atomic E-state index is -4.49. The van der Waals surface area contributed by atoms with Gasteiger partial charge in [0.25, 0.3) is 0 Å². The van der Waals surface area contributed by atoms with E-state index in [0.29, 0.717) is 16.9 Å². The fourth-order valence-electron chi connectivity index (χ4n) is 2.29. The Balaban J connectivity index is 2.18. The van der Waals surface area contributed by atoms with Gasteiger partial charge in [0.15, 0.2) is 5.78 Å². The molecule has 0 heterocycles. The molecule has 0 unspecified atom stereocenters. The first-order valence-corrected chi connectivity index (χ1v) is 7.35. The molecule has 0 aliphatic heterocycles. The van der Waals surface area contributed by atoms with Gasteiger partial charge < -0.3 is 10.1 Å². The van der Waals surface area contributed by atoms with E-state index in [-0.39, 0.29) is 17.9 Å². The molecule has 0 atom stereocenters. The van der Waals surface area contributed by atoms with E-state index in [1.807, 2.05) is 0 Å². The van der Waals surface area contributed by atoms with Crippen LogP contribution in [-0.2, 0) is 17.4 Å². The highest BCUT2D eigenvalue weighted by molar-refractivity contribution is 5.96. The fourth-order valence-corrected chi connectivity index (χ4v) is 2.29. The number of Topliss-reactive ketones (excluding diaryl/α,β-unsaturated/α-hetero) is 1. The highest BCUT2D eigenvalue weighted by Gasteiger charge is 2.30. The maximum atomic E-state index is 12.7. The van der Waals surface area contributed by atoms with Crippen LogP contribution in [0.5, 0.6) is 5.75 Å². The molecular formula is C18H16F3NO3. The average molecular weight is 351 g/mol. The third-order valence-corrected chi connectivity index (χ3v) is 3.51. The molecule has 0 radical (unpaired) electrons. The van der Waals surface area contributed by atoms with Crippen LogP contribution in [0.3, 0.4) is 0 Å². The summed E-state index contributed by atoms with van der Waals surface area (Å²) in [7, 11) is 1.43. The van der Waals surface area contributed by atoms with E-state index in [1.165, 1.54) is 32.2 Å².